The summed E-state index contributed by atoms with van der Waals surface area (Å²) in [6.45, 7) is 2.29. The predicted molar refractivity (Wildman–Crippen MR) is 343 cm³/mol. The van der Waals surface area contributed by atoms with Crippen molar-refractivity contribution in [3.63, 3.8) is 0 Å². The van der Waals surface area contributed by atoms with Crippen LogP contribution in [0.5, 0.6) is 0 Å². The normalized spacial score (nSPS) is 21.4. The topological polar surface area (TPSA) is 485 Å². The Bertz CT molecular complexity index is 2130. The van der Waals surface area contributed by atoms with Crippen molar-refractivity contribution in [2.24, 2.45) is 0 Å². The van der Waals surface area contributed by atoms with Gasteiger partial charge in [0.2, 0.25) is 53.2 Å². The molecule has 33 nitrogen and oxygen atoms in total. The van der Waals surface area contributed by atoms with Crippen molar-refractivity contribution < 1.29 is 117 Å². The van der Waals surface area contributed by atoms with Crippen LogP contribution in [0.2, 0.25) is 0 Å². The average molecular weight is 1380 g/mol. The van der Waals surface area contributed by atoms with E-state index in [2.05, 4.69) is 47.9 Å². The molecule has 0 aromatic heterocycles. The van der Waals surface area contributed by atoms with E-state index in [1.54, 1.807) is 0 Å². The molecular weight excluding hydrogens is 1270 g/mol. The lowest BCUT2D eigenvalue weighted by molar-refractivity contribution is -0.270. The summed E-state index contributed by atoms with van der Waals surface area (Å²) in [5.74, 6) is -2.93. The lowest BCUT2D eigenvalue weighted by Gasteiger charge is -2.42. The molecule has 10 atom stereocenters. The molecule has 2 fully saturated rings. The van der Waals surface area contributed by atoms with Crippen LogP contribution in [-0.4, -0.2) is 274 Å². The van der Waals surface area contributed by atoms with Crippen molar-refractivity contribution in [1.29, 1.82) is 0 Å². The standard InChI is InChI=1S/C63H113N9O24/c1-44(77)70-55-59(88)57(86)46(39-75)95-61(55)93-34-14-10-20-49(80)65-27-17-30-68-52(83)24-37-91-42-63(72-54(85)22-8-6-4-3-5-7-12-32-73,41-90-36-23-51(82)67-29-16-26-64-48(79)19-9-13-33-74)43-92-38-25-53(84)69-31-18-28-66-50(81)21-11-15-35-94-62-56(71-45(2)78)60(89)58(87)47(40-76)96-62/h32,46-47,55-62,74-76,86-89H,3-31,33-43H2,1-2H3,(H,64,79)(H,65,80)(H,66,81)(H,67,82)(H,68,83)(H,69,84)(H,70,77)(H,71,78)(H,72,85)/t46?,47?,55?,56?,57-,58-,59?,60?,61+,62+,63?/m0/s1. The van der Waals surface area contributed by atoms with Crippen LogP contribution in [0, 0.1) is 0 Å². The van der Waals surface area contributed by atoms with Crippen molar-refractivity contribution in [3.05, 3.63) is 0 Å². The first-order chi connectivity index (χ1) is 46.2. The Morgan fingerprint density at radius 2 is 0.719 bits per heavy atom. The molecule has 96 heavy (non-hydrogen) atoms. The second-order valence-electron chi connectivity index (χ2n) is 23.9. The summed E-state index contributed by atoms with van der Waals surface area (Å²) in [5.41, 5.74) is -1.36. The SMILES string of the molecule is CC(=O)NC1C(O)[C@@H](O)C(CO)O[C@H]1OCCCCC(=O)NCCCNC(=O)CCOCC(COCCC(=O)NCCCNC(=O)CCCCO)(COCCC(=O)NCCCNC(=O)CCCCO[C@@H]1OC(CO)[C@H](O)C(O)C1NC(C)=O)NC(=O)CCCCCCCCC=O. The van der Waals surface area contributed by atoms with E-state index in [9.17, 15) is 78.6 Å². The molecule has 0 aliphatic carbocycles. The highest BCUT2D eigenvalue weighted by Gasteiger charge is 2.46. The van der Waals surface area contributed by atoms with Crippen LogP contribution in [0.4, 0.5) is 0 Å². The van der Waals surface area contributed by atoms with Crippen molar-refractivity contribution in [2.75, 3.05) is 112 Å². The maximum Gasteiger partial charge on any atom is 0.222 e. The smallest absolute Gasteiger partial charge is 0.222 e. The molecule has 0 spiro atoms. The lowest BCUT2D eigenvalue weighted by atomic mass is 9.97. The van der Waals surface area contributed by atoms with Gasteiger partial charge in [-0.05, 0) is 70.6 Å². The Labute approximate surface area is 562 Å². The molecule has 0 aromatic carbocycles. The van der Waals surface area contributed by atoms with E-state index in [4.69, 9.17) is 38.3 Å². The third-order valence-electron chi connectivity index (χ3n) is 15.4. The zero-order chi connectivity index (χ0) is 70.8. The summed E-state index contributed by atoms with van der Waals surface area (Å²) in [7, 11) is 0. The number of rotatable bonds is 57. The Morgan fingerprint density at radius 3 is 1.06 bits per heavy atom. The first-order valence-electron chi connectivity index (χ1n) is 33.9. The van der Waals surface area contributed by atoms with Gasteiger partial charge >= 0.3 is 0 Å². The largest absolute Gasteiger partial charge is 0.396 e. The number of carbonyl (C=O) groups excluding carboxylic acids is 10. The van der Waals surface area contributed by atoms with Crippen LogP contribution >= 0.6 is 0 Å². The fourth-order valence-electron chi connectivity index (χ4n) is 10.1. The molecule has 0 bridgehead atoms. The van der Waals surface area contributed by atoms with E-state index in [0.717, 1.165) is 38.4 Å². The van der Waals surface area contributed by atoms with Crippen molar-refractivity contribution in [3.8, 4) is 0 Å². The van der Waals surface area contributed by atoms with E-state index in [1.165, 1.54) is 13.8 Å². The molecule has 0 aromatic rings. The molecule has 2 heterocycles. The number of carbonyl (C=O) groups is 10. The van der Waals surface area contributed by atoms with Crippen LogP contribution < -0.4 is 47.9 Å². The number of aldehydes is 1. The minimum Gasteiger partial charge on any atom is -0.396 e. The zero-order valence-electron chi connectivity index (χ0n) is 56.2. The first kappa shape index (κ1) is 86.4. The Kier molecular flexibility index (Phi) is 48.0. The number of ether oxygens (including phenoxy) is 7. The third-order valence-corrected chi connectivity index (χ3v) is 15.4. The summed E-state index contributed by atoms with van der Waals surface area (Å²) in [4.78, 5) is 124. The van der Waals surface area contributed by atoms with E-state index >= 15 is 0 Å². The van der Waals surface area contributed by atoms with Crippen molar-refractivity contribution >= 4 is 59.5 Å². The van der Waals surface area contributed by atoms with E-state index < -0.39 is 91.9 Å². The number of hydrogen-bond donors (Lipinski definition) is 16. The minimum absolute atomic E-state index is 0.00794. The molecule has 9 amide bonds. The highest BCUT2D eigenvalue weighted by molar-refractivity contribution is 5.79. The molecule has 2 saturated heterocycles. The molecule has 2 aliphatic rings. The van der Waals surface area contributed by atoms with Crippen LogP contribution in [-0.2, 0) is 81.1 Å². The van der Waals surface area contributed by atoms with Crippen LogP contribution in [0.3, 0.4) is 0 Å². The highest BCUT2D eigenvalue weighted by Crippen LogP contribution is 2.24. The fraction of sp³-hybridized carbons (Fsp3) is 0.841. The number of aliphatic hydroxyl groups excluding tert-OH is 7. The Hall–Kier alpha value is -5.66. The molecule has 33 heteroatoms. The highest BCUT2D eigenvalue weighted by atomic mass is 16.7. The first-order valence-corrected chi connectivity index (χ1v) is 33.9. The summed E-state index contributed by atoms with van der Waals surface area (Å²) < 4.78 is 40.6. The van der Waals surface area contributed by atoms with E-state index in [-0.39, 0.29) is 166 Å². The average Bonchev–Trinajstić information content (AvgIpc) is 0.832. The van der Waals surface area contributed by atoms with Gasteiger partial charge in [-0.1, -0.05) is 25.7 Å². The zero-order valence-corrected chi connectivity index (χ0v) is 56.2. The second-order valence-corrected chi connectivity index (χ2v) is 23.9. The molecule has 0 radical (unpaired) electrons. The molecule has 2 rings (SSSR count). The van der Waals surface area contributed by atoms with E-state index in [0.29, 0.717) is 90.1 Å². The van der Waals surface area contributed by atoms with Gasteiger partial charge in [-0.2, -0.15) is 0 Å². The van der Waals surface area contributed by atoms with Gasteiger partial charge in [-0.15, -0.1) is 0 Å². The fourth-order valence-corrected chi connectivity index (χ4v) is 10.1. The van der Waals surface area contributed by atoms with Gasteiger partial charge in [0.05, 0.1) is 52.9 Å². The molecule has 0 saturated carbocycles. The van der Waals surface area contributed by atoms with Gasteiger partial charge in [-0.3, -0.25) is 43.2 Å². The number of nitrogens with one attached hydrogen (secondary N) is 9. The van der Waals surface area contributed by atoms with Crippen LogP contribution in [0.1, 0.15) is 162 Å². The summed E-state index contributed by atoms with van der Waals surface area (Å²) in [6.07, 6.45) is 0.497. The van der Waals surface area contributed by atoms with Gasteiger partial charge in [0, 0.05) is 124 Å². The summed E-state index contributed by atoms with van der Waals surface area (Å²) in [5, 5.41) is 94.1. The molecular formula is C63H113N9O24. The van der Waals surface area contributed by atoms with Crippen molar-refractivity contribution in [2.45, 2.75) is 228 Å². The maximum atomic E-state index is 13.7. The van der Waals surface area contributed by atoms with Crippen molar-refractivity contribution in [1.82, 2.24) is 47.9 Å². The minimum atomic E-state index is -1.45. The predicted octanol–water partition coefficient (Wildman–Crippen LogP) is -3.33. The quantitative estimate of drug-likeness (QED) is 0.0209. The number of unbranched alkanes of at least 4 members (excludes halogenated alkanes) is 9. The molecule has 2 aliphatic heterocycles. The molecule has 16 N–H and O–H groups in total. The van der Waals surface area contributed by atoms with E-state index in [1.807, 2.05) is 0 Å². The molecule has 554 valence electrons. The summed E-state index contributed by atoms with van der Waals surface area (Å²) in [6, 6.07) is -2.16. The van der Waals surface area contributed by atoms with Gasteiger partial charge in [0.25, 0.3) is 0 Å². The van der Waals surface area contributed by atoms with Gasteiger partial charge in [0.15, 0.2) is 12.6 Å². The van der Waals surface area contributed by atoms with Gasteiger partial charge < -0.3 is 122 Å². The maximum absolute atomic E-state index is 13.7. The number of amides is 9. The second kappa shape index (κ2) is 53.3. The number of aliphatic hydroxyl groups is 7. The van der Waals surface area contributed by atoms with Crippen LogP contribution in [0.15, 0.2) is 0 Å². The Balaban J connectivity index is 1.95. The van der Waals surface area contributed by atoms with Crippen LogP contribution in [0.25, 0.3) is 0 Å². The third kappa shape index (κ3) is 39.7. The Morgan fingerprint density at radius 1 is 0.396 bits per heavy atom. The lowest BCUT2D eigenvalue weighted by Crippen LogP contribution is -2.64. The number of hydrogen-bond acceptors (Lipinski definition) is 24. The summed E-state index contributed by atoms with van der Waals surface area (Å²) >= 11 is 0. The molecule has 6 unspecified atom stereocenters. The van der Waals surface area contributed by atoms with Gasteiger partial charge in [0.1, 0.15) is 60.5 Å². The van der Waals surface area contributed by atoms with Gasteiger partial charge in [-0.25, -0.2) is 0 Å². The monoisotopic (exact) mass is 1380 g/mol.